The predicted octanol–water partition coefficient (Wildman–Crippen LogP) is -1.86. The Hall–Kier alpha value is -1.91. The zero-order valence-corrected chi connectivity index (χ0v) is 14.4. The summed E-state index contributed by atoms with van der Waals surface area (Å²) in [6.45, 7) is 2.00. The van der Waals surface area contributed by atoms with Gasteiger partial charge in [-0.15, -0.1) is 0 Å². The van der Waals surface area contributed by atoms with Crippen LogP contribution in [0.3, 0.4) is 0 Å². The molecule has 0 aliphatic carbocycles. The van der Waals surface area contributed by atoms with Gasteiger partial charge in [0.05, 0.1) is 7.11 Å². The average Bonchev–Trinajstić information content (AvgIpc) is 2.69. The molecule has 9 heteroatoms. The van der Waals surface area contributed by atoms with Crippen LogP contribution in [0.25, 0.3) is 0 Å². The minimum Gasteiger partial charge on any atom is -0.497 e. The molecule has 3 rings (SSSR count). The van der Waals surface area contributed by atoms with E-state index in [-0.39, 0.29) is 0 Å². The Bertz CT molecular complexity index is 618. The zero-order valence-electron chi connectivity index (χ0n) is 14.4. The second-order valence-corrected chi connectivity index (χ2v) is 6.43. The molecule has 4 N–H and O–H groups in total. The van der Waals surface area contributed by atoms with Crippen LogP contribution in [0.1, 0.15) is 0 Å². The van der Waals surface area contributed by atoms with Crippen LogP contribution in [-0.2, 0) is 9.53 Å². The lowest BCUT2D eigenvalue weighted by molar-refractivity contribution is -0.278. The maximum atomic E-state index is 12.6. The third-order valence-corrected chi connectivity index (χ3v) is 4.86. The SMILES string of the molecule is COc1ccc(N2CCN(C(=O)[C@H]3OC(O)[C@H](O)[C@@H](O)[C@@H]3O)CC2)cc1. The second kappa shape index (κ2) is 7.77. The van der Waals surface area contributed by atoms with Crippen molar-refractivity contribution in [2.45, 2.75) is 30.7 Å². The van der Waals surface area contributed by atoms with E-state index in [1.54, 1.807) is 7.11 Å². The molecule has 2 saturated heterocycles. The van der Waals surface area contributed by atoms with Gasteiger partial charge in [0.1, 0.15) is 24.1 Å². The Morgan fingerprint density at radius 2 is 1.62 bits per heavy atom. The van der Waals surface area contributed by atoms with Crippen LogP contribution in [0, 0.1) is 0 Å². The molecule has 144 valence electrons. The standard InChI is InChI=1S/C17H24N2O7/c1-25-11-4-2-10(3-5-11)18-6-8-19(9-7-18)16(23)15-13(21)12(20)14(22)17(24)26-15/h2-5,12-15,17,20-22,24H,6-9H2,1H3/t12-,13-,14+,15-,17?/m0/s1. The summed E-state index contributed by atoms with van der Waals surface area (Å²) in [4.78, 5) is 16.2. The molecule has 2 heterocycles. The number of carbonyl (C=O) groups is 1. The maximum Gasteiger partial charge on any atom is 0.254 e. The summed E-state index contributed by atoms with van der Waals surface area (Å²) in [5.74, 6) is 0.252. The molecule has 1 aromatic rings. The third kappa shape index (κ3) is 3.62. The van der Waals surface area contributed by atoms with Crippen LogP contribution in [0.15, 0.2) is 24.3 Å². The normalized spacial score (nSPS) is 32.4. The molecule has 0 bridgehead atoms. The van der Waals surface area contributed by atoms with E-state index in [2.05, 4.69) is 4.90 Å². The van der Waals surface area contributed by atoms with Gasteiger partial charge >= 0.3 is 0 Å². The Kier molecular flexibility index (Phi) is 5.64. The first kappa shape index (κ1) is 18.9. The molecule has 9 nitrogen and oxygen atoms in total. The lowest BCUT2D eigenvalue weighted by Crippen LogP contribution is -2.63. The van der Waals surface area contributed by atoms with Crippen molar-refractivity contribution in [1.29, 1.82) is 0 Å². The van der Waals surface area contributed by atoms with Crippen LogP contribution in [-0.4, -0.2) is 95.2 Å². The predicted molar refractivity (Wildman–Crippen MR) is 90.7 cm³/mol. The second-order valence-electron chi connectivity index (χ2n) is 6.43. The monoisotopic (exact) mass is 368 g/mol. The molecule has 2 fully saturated rings. The summed E-state index contributed by atoms with van der Waals surface area (Å²) in [6.07, 6.45) is -8.02. The van der Waals surface area contributed by atoms with Crippen molar-refractivity contribution in [3.05, 3.63) is 24.3 Å². The van der Waals surface area contributed by atoms with Gasteiger partial charge in [-0.25, -0.2) is 0 Å². The van der Waals surface area contributed by atoms with E-state index >= 15 is 0 Å². The summed E-state index contributed by atoms with van der Waals surface area (Å²) >= 11 is 0. The number of amides is 1. The van der Waals surface area contributed by atoms with Crippen molar-refractivity contribution < 1.29 is 34.7 Å². The van der Waals surface area contributed by atoms with Gasteiger partial charge in [0.2, 0.25) is 0 Å². The number of anilines is 1. The summed E-state index contributed by atoms with van der Waals surface area (Å²) in [5, 5.41) is 38.8. The number of rotatable bonds is 3. The number of hydrogen-bond acceptors (Lipinski definition) is 8. The number of aliphatic hydroxyl groups excluding tert-OH is 4. The van der Waals surface area contributed by atoms with E-state index in [0.29, 0.717) is 26.2 Å². The molecule has 1 unspecified atom stereocenters. The van der Waals surface area contributed by atoms with E-state index in [9.17, 15) is 25.2 Å². The van der Waals surface area contributed by atoms with Crippen molar-refractivity contribution in [3.63, 3.8) is 0 Å². The number of aliphatic hydroxyl groups is 4. The number of nitrogens with zero attached hydrogens (tertiary/aromatic N) is 2. The molecule has 1 amide bonds. The van der Waals surface area contributed by atoms with Gasteiger partial charge in [-0.05, 0) is 24.3 Å². The molecule has 2 aliphatic heterocycles. The smallest absolute Gasteiger partial charge is 0.254 e. The quantitative estimate of drug-likeness (QED) is 0.490. The topological polar surface area (TPSA) is 123 Å². The number of carbonyl (C=O) groups excluding carboxylic acids is 1. The van der Waals surface area contributed by atoms with Gasteiger partial charge in [0.15, 0.2) is 12.4 Å². The molecule has 1 aromatic carbocycles. The van der Waals surface area contributed by atoms with Gasteiger partial charge < -0.3 is 39.7 Å². The molecule has 0 spiro atoms. The Morgan fingerprint density at radius 1 is 1.00 bits per heavy atom. The zero-order chi connectivity index (χ0) is 18.8. The lowest BCUT2D eigenvalue weighted by Gasteiger charge is -2.42. The highest BCUT2D eigenvalue weighted by atomic mass is 16.6. The molecule has 2 aliphatic rings. The number of piperazine rings is 1. The summed E-state index contributed by atoms with van der Waals surface area (Å²) in [5.41, 5.74) is 1.01. The summed E-state index contributed by atoms with van der Waals surface area (Å²) in [6, 6.07) is 7.62. The van der Waals surface area contributed by atoms with Crippen molar-refractivity contribution in [2.75, 3.05) is 38.2 Å². The highest BCUT2D eigenvalue weighted by Gasteiger charge is 2.47. The van der Waals surface area contributed by atoms with Gasteiger partial charge in [0.25, 0.3) is 5.91 Å². The summed E-state index contributed by atoms with van der Waals surface area (Å²) in [7, 11) is 1.61. The Morgan fingerprint density at radius 3 is 2.19 bits per heavy atom. The number of benzene rings is 1. The molecule has 5 atom stereocenters. The fourth-order valence-electron chi connectivity index (χ4n) is 3.22. The Labute approximate surface area is 151 Å². The summed E-state index contributed by atoms with van der Waals surface area (Å²) < 4.78 is 10.1. The molecule has 26 heavy (non-hydrogen) atoms. The number of methoxy groups -OCH3 is 1. The number of ether oxygens (including phenoxy) is 2. The van der Waals surface area contributed by atoms with Crippen molar-refractivity contribution in [3.8, 4) is 5.75 Å². The van der Waals surface area contributed by atoms with Crippen LogP contribution in [0.2, 0.25) is 0 Å². The van der Waals surface area contributed by atoms with Crippen LogP contribution < -0.4 is 9.64 Å². The molecule has 0 aromatic heterocycles. The highest BCUT2D eigenvalue weighted by molar-refractivity contribution is 5.82. The fraction of sp³-hybridized carbons (Fsp3) is 0.588. The third-order valence-electron chi connectivity index (χ3n) is 4.86. The maximum absolute atomic E-state index is 12.6. The average molecular weight is 368 g/mol. The van der Waals surface area contributed by atoms with Gasteiger partial charge in [-0.1, -0.05) is 0 Å². The van der Waals surface area contributed by atoms with Crippen molar-refractivity contribution in [1.82, 2.24) is 4.90 Å². The largest absolute Gasteiger partial charge is 0.497 e. The van der Waals surface area contributed by atoms with E-state index in [1.165, 1.54) is 4.90 Å². The van der Waals surface area contributed by atoms with Gasteiger partial charge in [0, 0.05) is 31.9 Å². The first-order valence-electron chi connectivity index (χ1n) is 8.48. The minimum absolute atomic E-state index is 0.409. The first-order chi connectivity index (χ1) is 12.4. The fourth-order valence-corrected chi connectivity index (χ4v) is 3.22. The van der Waals surface area contributed by atoms with Gasteiger partial charge in [-0.2, -0.15) is 0 Å². The van der Waals surface area contributed by atoms with Crippen LogP contribution >= 0.6 is 0 Å². The van der Waals surface area contributed by atoms with Crippen LogP contribution in [0.5, 0.6) is 5.75 Å². The van der Waals surface area contributed by atoms with E-state index in [1.807, 2.05) is 24.3 Å². The molecular formula is C17H24N2O7. The minimum atomic E-state index is -1.72. The van der Waals surface area contributed by atoms with E-state index in [4.69, 9.17) is 9.47 Å². The lowest BCUT2D eigenvalue weighted by atomic mass is 9.98. The molecule has 0 saturated carbocycles. The molecule has 0 radical (unpaired) electrons. The highest BCUT2D eigenvalue weighted by Crippen LogP contribution is 2.24. The first-order valence-corrected chi connectivity index (χ1v) is 8.48. The van der Waals surface area contributed by atoms with Crippen molar-refractivity contribution >= 4 is 11.6 Å². The van der Waals surface area contributed by atoms with E-state index < -0.39 is 36.6 Å². The van der Waals surface area contributed by atoms with Gasteiger partial charge in [-0.3, -0.25) is 4.79 Å². The van der Waals surface area contributed by atoms with E-state index in [0.717, 1.165) is 11.4 Å². The molecular weight excluding hydrogens is 344 g/mol. The number of hydrogen-bond donors (Lipinski definition) is 4. The Balaban J connectivity index is 1.59. The van der Waals surface area contributed by atoms with Crippen molar-refractivity contribution in [2.24, 2.45) is 0 Å². The van der Waals surface area contributed by atoms with Crippen LogP contribution in [0.4, 0.5) is 5.69 Å².